The highest BCUT2D eigenvalue weighted by molar-refractivity contribution is 14.0. The standard InChI is InChI=1S/C18H30N4O.HI/c1-14(2)17(12-21-18(19)20-9-11-23-3)22-10-8-15-6-4-5-7-16(15)13-22;/h4-7,14,17H,8-13H2,1-3H3,(H3,19,20,21);1H. The van der Waals surface area contributed by atoms with Gasteiger partial charge in [0.1, 0.15) is 0 Å². The van der Waals surface area contributed by atoms with Crippen LogP contribution in [0.1, 0.15) is 25.0 Å². The summed E-state index contributed by atoms with van der Waals surface area (Å²) in [5.74, 6) is 1.04. The van der Waals surface area contributed by atoms with Crippen LogP contribution in [0.5, 0.6) is 0 Å². The van der Waals surface area contributed by atoms with Crippen molar-refractivity contribution in [2.75, 3.05) is 33.4 Å². The zero-order chi connectivity index (χ0) is 16.7. The average molecular weight is 446 g/mol. The van der Waals surface area contributed by atoms with Gasteiger partial charge in [0, 0.05) is 32.8 Å². The molecule has 0 aromatic heterocycles. The molecule has 0 spiro atoms. The van der Waals surface area contributed by atoms with E-state index in [0.29, 0.717) is 31.1 Å². The van der Waals surface area contributed by atoms with Gasteiger partial charge in [0.05, 0.1) is 13.2 Å². The van der Waals surface area contributed by atoms with Crippen LogP contribution >= 0.6 is 24.0 Å². The van der Waals surface area contributed by atoms with E-state index >= 15 is 0 Å². The molecule has 1 aromatic carbocycles. The lowest BCUT2D eigenvalue weighted by Crippen LogP contribution is -2.45. The Morgan fingerprint density at radius 3 is 2.71 bits per heavy atom. The van der Waals surface area contributed by atoms with Crippen molar-refractivity contribution < 1.29 is 4.74 Å². The van der Waals surface area contributed by atoms with Crippen LogP contribution < -0.4 is 11.1 Å². The molecule has 5 nitrogen and oxygen atoms in total. The summed E-state index contributed by atoms with van der Waals surface area (Å²) in [5.41, 5.74) is 8.86. The molecule has 0 aliphatic carbocycles. The van der Waals surface area contributed by atoms with Gasteiger partial charge in [-0.25, -0.2) is 0 Å². The van der Waals surface area contributed by atoms with Gasteiger partial charge in [-0.2, -0.15) is 0 Å². The van der Waals surface area contributed by atoms with Gasteiger partial charge >= 0.3 is 0 Å². The van der Waals surface area contributed by atoms with Crippen molar-refractivity contribution in [1.29, 1.82) is 0 Å². The quantitative estimate of drug-likeness (QED) is 0.292. The number of rotatable bonds is 7. The van der Waals surface area contributed by atoms with Crippen LogP contribution in [0, 0.1) is 5.92 Å². The topological polar surface area (TPSA) is 62.9 Å². The van der Waals surface area contributed by atoms with E-state index in [1.54, 1.807) is 7.11 Å². The van der Waals surface area contributed by atoms with E-state index in [2.05, 4.69) is 53.3 Å². The fourth-order valence-electron chi connectivity index (χ4n) is 3.08. The lowest BCUT2D eigenvalue weighted by atomic mass is 9.95. The highest BCUT2D eigenvalue weighted by atomic mass is 127. The highest BCUT2D eigenvalue weighted by Crippen LogP contribution is 2.23. The second kappa shape index (κ2) is 10.9. The van der Waals surface area contributed by atoms with E-state index in [0.717, 1.165) is 26.1 Å². The summed E-state index contributed by atoms with van der Waals surface area (Å²) in [4.78, 5) is 7.08. The predicted octanol–water partition coefficient (Wildman–Crippen LogP) is 2.24. The molecule has 1 atom stereocenters. The molecule has 3 N–H and O–H groups in total. The van der Waals surface area contributed by atoms with Crippen molar-refractivity contribution in [3.63, 3.8) is 0 Å². The zero-order valence-electron chi connectivity index (χ0n) is 15.0. The van der Waals surface area contributed by atoms with Gasteiger partial charge < -0.3 is 15.8 Å². The van der Waals surface area contributed by atoms with Gasteiger partial charge in [0.15, 0.2) is 5.96 Å². The second-order valence-corrected chi connectivity index (χ2v) is 6.45. The van der Waals surface area contributed by atoms with Crippen LogP contribution in [0.3, 0.4) is 0 Å². The Labute approximate surface area is 163 Å². The number of ether oxygens (including phenoxy) is 1. The minimum atomic E-state index is 0. The molecule has 1 aromatic rings. The molecule has 6 heteroatoms. The lowest BCUT2D eigenvalue weighted by Gasteiger charge is -2.37. The van der Waals surface area contributed by atoms with Crippen LogP contribution in [0.4, 0.5) is 0 Å². The number of fused-ring (bicyclic) bond motifs is 1. The Kier molecular flexibility index (Phi) is 9.61. The van der Waals surface area contributed by atoms with E-state index in [-0.39, 0.29) is 24.0 Å². The number of nitrogens with one attached hydrogen (secondary N) is 1. The number of aliphatic imine (C=N–C) groups is 1. The molecule has 136 valence electrons. The first kappa shape index (κ1) is 21.2. The van der Waals surface area contributed by atoms with E-state index < -0.39 is 0 Å². The van der Waals surface area contributed by atoms with Gasteiger partial charge in [-0.1, -0.05) is 38.1 Å². The molecule has 24 heavy (non-hydrogen) atoms. The minimum Gasteiger partial charge on any atom is -0.383 e. The molecule has 2 rings (SSSR count). The summed E-state index contributed by atoms with van der Waals surface area (Å²) in [7, 11) is 1.68. The van der Waals surface area contributed by atoms with Crippen LogP contribution in [0.2, 0.25) is 0 Å². The van der Waals surface area contributed by atoms with Crippen molar-refractivity contribution in [2.24, 2.45) is 16.6 Å². The van der Waals surface area contributed by atoms with E-state index in [4.69, 9.17) is 10.5 Å². The van der Waals surface area contributed by atoms with E-state index in [9.17, 15) is 0 Å². The molecule has 0 saturated carbocycles. The molecular formula is C18H31IN4O. The molecule has 1 unspecified atom stereocenters. The molecule has 1 heterocycles. The van der Waals surface area contributed by atoms with Crippen LogP contribution in [0.15, 0.2) is 29.3 Å². The first-order valence-electron chi connectivity index (χ1n) is 8.45. The third-order valence-corrected chi connectivity index (χ3v) is 4.46. The van der Waals surface area contributed by atoms with Gasteiger partial charge in [0.2, 0.25) is 0 Å². The van der Waals surface area contributed by atoms with Crippen molar-refractivity contribution in [3.05, 3.63) is 35.4 Å². The van der Waals surface area contributed by atoms with Crippen LogP contribution in [0.25, 0.3) is 0 Å². The summed E-state index contributed by atoms with van der Waals surface area (Å²) in [6.45, 7) is 8.66. The molecule has 0 saturated heterocycles. The van der Waals surface area contributed by atoms with Crippen molar-refractivity contribution in [1.82, 2.24) is 10.2 Å². The number of methoxy groups -OCH3 is 1. The largest absolute Gasteiger partial charge is 0.383 e. The molecule has 0 amide bonds. The maximum atomic E-state index is 5.93. The van der Waals surface area contributed by atoms with Crippen molar-refractivity contribution >= 4 is 29.9 Å². The first-order valence-corrected chi connectivity index (χ1v) is 8.45. The SMILES string of the molecule is COCCNC(N)=NCC(C(C)C)N1CCc2ccccc2C1.I. The van der Waals surface area contributed by atoms with Gasteiger partial charge in [0.25, 0.3) is 0 Å². The molecule has 0 fully saturated rings. The monoisotopic (exact) mass is 446 g/mol. The molecule has 1 aliphatic heterocycles. The van der Waals surface area contributed by atoms with Gasteiger partial charge in [-0.15, -0.1) is 24.0 Å². The molecule has 1 aliphatic rings. The number of nitrogens with two attached hydrogens (primary N) is 1. The molecular weight excluding hydrogens is 415 g/mol. The van der Waals surface area contributed by atoms with Gasteiger partial charge in [-0.3, -0.25) is 9.89 Å². The van der Waals surface area contributed by atoms with E-state index in [1.807, 2.05) is 0 Å². The molecule has 0 bridgehead atoms. The lowest BCUT2D eigenvalue weighted by molar-refractivity contribution is 0.144. The summed E-state index contributed by atoms with van der Waals surface area (Å²) < 4.78 is 5.00. The number of hydrogen-bond donors (Lipinski definition) is 2. The van der Waals surface area contributed by atoms with Crippen LogP contribution in [-0.2, 0) is 17.7 Å². The Balaban J connectivity index is 0.00000288. The average Bonchev–Trinajstić information content (AvgIpc) is 2.55. The summed E-state index contributed by atoms with van der Waals surface area (Å²) in [6, 6.07) is 9.15. The summed E-state index contributed by atoms with van der Waals surface area (Å²) in [6.07, 6.45) is 1.12. The Hall–Kier alpha value is -0.860. The number of nitrogens with zero attached hydrogens (tertiary/aromatic N) is 2. The Morgan fingerprint density at radius 1 is 1.33 bits per heavy atom. The number of hydrogen-bond acceptors (Lipinski definition) is 3. The Morgan fingerprint density at radius 2 is 2.04 bits per heavy atom. The maximum Gasteiger partial charge on any atom is 0.188 e. The van der Waals surface area contributed by atoms with Crippen LogP contribution in [-0.4, -0.2) is 50.3 Å². The number of guanidine groups is 1. The number of halogens is 1. The van der Waals surface area contributed by atoms with Crippen molar-refractivity contribution in [3.8, 4) is 0 Å². The summed E-state index contributed by atoms with van der Waals surface area (Å²) >= 11 is 0. The number of benzene rings is 1. The maximum absolute atomic E-state index is 5.93. The zero-order valence-corrected chi connectivity index (χ0v) is 17.3. The molecule has 0 radical (unpaired) electrons. The van der Waals surface area contributed by atoms with E-state index in [1.165, 1.54) is 11.1 Å². The minimum absolute atomic E-state index is 0. The fraction of sp³-hybridized carbons (Fsp3) is 0.611. The normalized spacial score (nSPS) is 16.4. The second-order valence-electron chi connectivity index (χ2n) is 6.45. The fourth-order valence-corrected chi connectivity index (χ4v) is 3.08. The first-order chi connectivity index (χ1) is 11.1. The highest BCUT2D eigenvalue weighted by Gasteiger charge is 2.25. The third-order valence-electron chi connectivity index (χ3n) is 4.46. The predicted molar refractivity (Wildman–Crippen MR) is 111 cm³/mol. The van der Waals surface area contributed by atoms with Gasteiger partial charge in [-0.05, 0) is 23.5 Å². The third kappa shape index (κ3) is 6.22. The van der Waals surface area contributed by atoms with Crippen molar-refractivity contribution in [2.45, 2.75) is 32.9 Å². The Bertz CT molecular complexity index is 521. The summed E-state index contributed by atoms with van der Waals surface area (Å²) in [5, 5.41) is 3.08. The smallest absolute Gasteiger partial charge is 0.188 e.